The number of hydrogen-bond acceptors (Lipinski definition) is 6. The van der Waals surface area contributed by atoms with Crippen LogP contribution in [0.1, 0.15) is 42.0 Å². The minimum absolute atomic E-state index is 0.0112. The third kappa shape index (κ3) is 3.37. The maximum absolute atomic E-state index is 15.4. The molecule has 7 heteroatoms. The highest BCUT2D eigenvalue weighted by atomic mass is 19.1. The number of hydrogen-bond donors (Lipinski definition) is 1. The van der Waals surface area contributed by atoms with Gasteiger partial charge in [-0.15, -0.1) is 0 Å². The summed E-state index contributed by atoms with van der Waals surface area (Å²) in [7, 11) is 0. The fourth-order valence-corrected chi connectivity index (χ4v) is 3.23. The van der Waals surface area contributed by atoms with Crippen LogP contribution in [-0.2, 0) is 6.61 Å². The molecule has 0 atom stereocenters. The van der Waals surface area contributed by atoms with E-state index in [4.69, 9.17) is 10.5 Å². The van der Waals surface area contributed by atoms with Crippen LogP contribution in [0.4, 0.5) is 10.2 Å². The molecule has 1 saturated carbocycles. The van der Waals surface area contributed by atoms with Crippen LogP contribution in [0, 0.1) is 17.1 Å². The van der Waals surface area contributed by atoms with E-state index < -0.39 is 5.82 Å². The van der Waals surface area contributed by atoms with Gasteiger partial charge in [-0.1, -0.05) is 12.5 Å². The monoisotopic (exact) mass is 375 g/mol. The number of nitriles is 1. The van der Waals surface area contributed by atoms with Crippen LogP contribution in [-0.4, -0.2) is 15.0 Å². The number of nitrogens with two attached hydrogens (primary N) is 1. The maximum atomic E-state index is 15.4. The van der Waals surface area contributed by atoms with Crippen molar-refractivity contribution < 1.29 is 9.13 Å². The molecular formula is C21H18FN5O. The van der Waals surface area contributed by atoms with Gasteiger partial charge in [-0.2, -0.15) is 5.26 Å². The highest BCUT2D eigenvalue weighted by Crippen LogP contribution is 2.44. The van der Waals surface area contributed by atoms with E-state index in [-0.39, 0.29) is 24.1 Å². The number of nitrogen functional groups attached to an aromatic ring is 1. The van der Waals surface area contributed by atoms with Crippen molar-refractivity contribution in [3.05, 3.63) is 65.5 Å². The Morgan fingerprint density at radius 2 is 2.04 bits per heavy atom. The molecule has 140 valence electrons. The van der Waals surface area contributed by atoms with Crippen molar-refractivity contribution in [3.8, 4) is 23.1 Å². The standard InChI is InChI=1S/C21H18FN5O/c22-20-16(17-10-27-19(24)11-26-17)7-6-15(13-3-1-4-13)21(20)28-12-18-14(9-23)5-2-8-25-18/h2,5-8,10-11,13H,1,3-4,12H2,(H2,24,27). The van der Waals surface area contributed by atoms with Crippen molar-refractivity contribution in [3.63, 3.8) is 0 Å². The Kier molecular flexibility index (Phi) is 4.85. The van der Waals surface area contributed by atoms with Crippen molar-refractivity contribution in [2.24, 2.45) is 0 Å². The predicted molar refractivity (Wildman–Crippen MR) is 102 cm³/mol. The molecule has 0 radical (unpaired) electrons. The quantitative estimate of drug-likeness (QED) is 0.724. The van der Waals surface area contributed by atoms with Crippen molar-refractivity contribution in [1.29, 1.82) is 5.26 Å². The second-order valence-electron chi connectivity index (χ2n) is 6.70. The van der Waals surface area contributed by atoms with Gasteiger partial charge in [0.15, 0.2) is 11.6 Å². The number of pyridine rings is 1. The predicted octanol–water partition coefficient (Wildman–Crippen LogP) is 3.98. The molecule has 1 aliphatic carbocycles. The molecule has 28 heavy (non-hydrogen) atoms. The number of rotatable bonds is 5. The summed E-state index contributed by atoms with van der Waals surface area (Å²) < 4.78 is 21.3. The second-order valence-corrected chi connectivity index (χ2v) is 6.70. The van der Waals surface area contributed by atoms with E-state index in [0.29, 0.717) is 22.5 Å². The minimum Gasteiger partial charge on any atom is -0.484 e. The van der Waals surface area contributed by atoms with Gasteiger partial charge < -0.3 is 10.5 Å². The van der Waals surface area contributed by atoms with E-state index in [1.165, 1.54) is 12.4 Å². The molecule has 0 spiro atoms. The Morgan fingerprint density at radius 1 is 1.18 bits per heavy atom. The van der Waals surface area contributed by atoms with E-state index in [9.17, 15) is 5.26 Å². The smallest absolute Gasteiger partial charge is 0.174 e. The van der Waals surface area contributed by atoms with Crippen LogP contribution in [0.25, 0.3) is 11.3 Å². The molecule has 0 aliphatic heterocycles. The SMILES string of the molecule is N#Cc1cccnc1COc1c(C2CCC2)ccc(-c2cnc(N)cn2)c1F. The summed E-state index contributed by atoms with van der Waals surface area (Å²) in [6.07, 6.45) is 7.54. The first-order valence-corrected chi connectivity index (χ1v) is 9.04. The number of halogens is 1. The topological polar surface area (TPSA) is 97.7 Å². The van der Waals surface area contributed by atoms with Crippen molar-refractivity contribution in [2.45, 2.75) is 31.8 Å². The summed E-state index contributed by atoms with van der Waals surface area (Å²) in [6.45, 7) is 0.0112. The number of nitrogens with zero attached hydrogens (tertiary/aromatic N) is 4. The zero-order valence-corrected chi connectivity index (χ0v) is 15.1. The van der Waals surface area contributed by atoms with Gasteiger partial charge >= 0.3 is 0 Å². The number of ether oxygens (including phenoxy) is 1. The van der Waals surface area contributed by atoms with Gasteiger partial charge in [0.2, 0.25) is 0 Å². The molecule has 1 fully saturated rings. The van der Waals surface area contributed by atoms with Crippen LogP contribution in [0.15, 0.2) is 42.9 Å². The Morgan fingerprint density at radius 3 is 2.71 bits per heavy atom. The molecule has 4 rings (SSSR count). The van der Waals surface area contributed by atoms with E-state index >= 15 is 4.39 Å². The summed E-state index contributed by atoms with van der Waals surface area (Å²) >= 11 is 0. The Balaban J connectivity index is 1.71. The van der Waals surface area contributed by atoms with Crippen LogP contribution >= 0.6 is 0 Å². The third-order valence-corrected chi connectivity index (χ3v) is 4.98. The second kappa shape index (κ2) is 7.61. The van der Waals surface area contributed by atoms with Gasteiger partial charge in [0.1, 0.15) is 18.5 Å². The molecular weight excluding hydrogens is 357 g/mol. The number of benzene rings is 1. The van der Waals surface area contributed by atoms with E-state index in [2.05, 4.69) is 21.0 Å². The van der Waals surface area contributed by atoms with Gasteiger partial charge in [0.25, 0.3) is 0 Å². The lowest BCUT2D eigenvalue weighted by Crippen LogP contribution is -2.13. The Labute approximate surface area is 161 Å². The van der Waals surface area contributed by atoms with Crippen molar-refractivity contribution in [1.82, 2.24) is 15.0 Å². The summed E-state index contributed by atoms with van der Waals surface area (Å²) in [6, 6.07) is 9.02. The van der Waals surface area contributed by atoms with E-state index in [1.807, 2.05) is 6.07 Å². The van der Waals surface area contributed by atoms with E-state index in [0.717, 1.165) is 24.8 Å². The molecule has 2 heterocycles. The minimum atomic E-state index is -0.488. The molecule has 0 unspecified atom stereocenters. The van der Waals surface area contributed by atoms with Crippen LogP contribution in [0.2, 0.25) is 0 Å². The van der Waals surface area contributed by atoms with Crippen LogP contribution in [0.5, 0.6) is 5.75 Å². The first kappa shape index (κ1) is 17.9. The van der Waals surface area contributed by atoms with Crippen LogP contribution < -0.4 is 10.5 Å². The zero-order chi connectivity index (χ0) is 19.5. The lowest BCUT2D eigenvalue weighted by atomic mass is 9.79. The largest absolute Gasteiger partial charge is 0.484 e. The molecule has 0 amide bonds. The van der Waals surface area contributed by atoms with Gasteiger partial charge in [0.05, 0.1) is 29.3 Å². The fourth-order valence-electron chi connectivity index (χ4n) is 3.23. The summed E-state index contributed by atoms with van der Waals surface area (Å²) in [5.74, 6) is 0.245. The summed E-state index contributed by atoms with van der Waals surface area (Å²) in [4.78, 5) is 12.3. The highest BCUT2D eigenvalue weighted by molar-refractivity contribution is 5.64. The molecule has 0 saturated heterocycles. The molecule has 6 nitrogen and oxygen atoms in total. The first-order valence-electron chi connectivity index (χ1n) is 9.04. The Hall–Kier alpha value is -3.53. The fraction of sp³-hybridized carbons (Fsp3) is 0.238. The number of aromatic nitrogens is 3. The lowest BCUT2D eigenvalue weighted by Gasteiger charge is -2.28. The van der Waals surface area contributed by atoms with E-state index in [1.54, 1.807) is 24.4 Å². The number of anilines is 1. The van der Waals surface area contributed by atoms with Gasteiger partial charge in [0, 0.05) is 17.3 Å². The molecule has 1 aromatic carbocycles. The van der Waals surface area contributed by atoms with Crippen molar-refractivity contribution in [2.75, 3.05) is 5.73 Å². The summed E-state index contributed by atoms with van der Waals surface area (Å²) in [5, 5.41) is 9.23. The third-order valence-electron chi connectivity index (χ3n) is 4.98. The lowest BCUT2D eigenvalue weighted by molar-refractivity contribution is 0.274. The molecule has 2 aromatic heterocycles. The average Bonchev–Trinajstić information content (AvgIpc) is 2.67. The molecule has 2 N–H and O–H groups in total. The Bertz CT molecular complexity index is 1040. The first-order chi connectivity index (χ1) is 13.7. The zero-order valence-electron chi connectivity index (χ0n) is 15.1. The molecule has 1 aliphatic rings. The van der Waals surface area contributed by atoms with Gasteiger partial charge in [-0.3, -0.25) is 9.97 Å². The molecule has 3 aromatic rings. The average molecular weight is 375 g/mol. The highest BCUT2D eigenvalue weighted by Gasteiger charge is 2.27. The van der Waals surface area contributed by atoms with Crippen LogP contribution in [0.3, 0.4) is 0 Å². The van der Waals surface area contributed by atoms with Gasteiger partial charge in [-0.25, -0.2) is 9.37 Å². The maximum Gasteiger partial charge on any atom is 0.174 e. The normalized spacial score (nSPS) is 13.6. The van der Waals surface area contributed by atoms with Crippen molar-refractivity contribution >= 4 is 5.82 Å². The molecule has 0 bridgehead atoms. The van der Waals surface area contributed by atoms with Gasteiger partial charge in [-0.05, 0) is 37.0 Å². The summed E-state index contributed by atoms with van der Waals surface area (Å²) in [5.41, 5.74) is 7.98.